The van der Waals surface area contributed by atoms with E-state index in [0.717, 1.165) is 5.56 Å². The topological polar surface area (TPSA) is 77.4 Å². The van der Waals surface area contributed by atoms with E-state index >= 15 is 0 Å². The van der Waals surface area contributed by atoms with Crippen molar-refractivity contribution in [1.82, 2.24) is 14.9 Å². The number of benzene rings is 1. The lowest BCUT2D eigenvalue weighted by molar-refractivity contribution is 0.0951. The molecule has 7 heteroatoms. The molecule has 7 nitrogen and oxygen atoms in total. The van der Waals surface area contributed by atoms with Gasteiger partial charge in [-0.2, -0.15) is 0 Å². The Bertz CT molecular complexity index is 974. The lowest BCUT2D eigenvalue weighted by Gasteiger charge is -2.07. The van der Waals surface area contributed by atoms with E-state index in [-0.39, 0.29) is 12.5 Å². The van der Waals surface area contributed by atoms with Gasteiger partial charge in [-0.05, 0) is 24.1 Å². The number of hydrogen-bond donors (Lipinski definition) is 2. The summed E-state index contributed by atoms with van der Waals surface area (Å²) in [5.41, 5.74) is 1.06. The van der Waals surface area contributed by atoms with Gasteiger partial charge in [0.25, 0.3) is 5.91 Å². The second kappa shape index (κ2) is 9.75. The minimum atomic E-state index is -0.335. The van der Waals surface area contributed by atoms with Crippen molar-refractivity contribution in [2.45, 2.75) is 0 Å². The van der Waals surface area contributed by atoms with Crippen molar-refractivity contribution >= 4 is 11.7 Å². The molecule has 28 heavy (non-hydrogen) atoms. The van der Waals surface area contributed by atoms with Crippen LogP contribution in [0.1, 0.15) is 21.9 Å². The predicted octanol–water partition coefficient (Wildman–Crippen LogP) is 1.80. The van der Waals surface area contributed by atoms with Gasteiger partial charge in [0, 0.05) is 19.2 Å². The molecule has 2 aromatic rings. The summed E-state index contributed by atoms with van der Waals surface area (Å²) in [6.45, 7) is 4.24. The molecular weight excluding hydrogens is 356 g/mol. The maximum Gasteiger partial charge on any atom is 0.272 e. The molecule has 1 heterocycles. The fourth-order valence-corrected chi connectivity index (χ4v) is 2.42. The first-order chi connectivity index (χ1) is 13.5. The molecule has 144 valence electrons. The number of carbonyl (C=O) groups excluding carboxylic acids is 1. The van der Waals surface area contributed by atoms with Gasteiger partial charge in [-0.25, -0.2) is 4.98 Å². The van der Waals surface area contributed by atoms with E-state index in [1.165, 1.54) is 0 Å². The number of rotatable bonds is 7. The van der Waals surface area contributed by atoms with Crippen LogP contribution in [0.2, 0.25) is 0 Å². The Kier molecular flexibility index (Phi) is 7.13. The number of anilines is 1. The Morgan fingerprint density at radius 3 is 2.71 bits per heavy atom. The van der Waals surface area contributed by atoms with Gasteiger partial charge in [0.15, 0.2) is 28.8 Å². The largest absolute Gasteiger partial charge is 0.493 e. The second-order valence-electron chi connectivity index (χ2n) is 5.57. The Morgan fingerprint density at radius 1 is 1.32 bits per heavy atom. The normalized spacial score (nSPS) is 9.50. The molecule has 0 bridgehead atoms. The molecule has 2 N–H and O–H groups in total. The molecule has 1 aromatic carbocycles. The average molecular weight is 378 g/mol. The van der Waals surface area contributed by atoms with Gasteiger partial charge < -0.3 is 24.7 Å². The van der Waals surface area contributed by atoms with Gasteiger partial charge in [-0.15, -0.1) is 13.0 Å². The van der Waals surface area contributed by atoms with Crippen molar-refractivity contribution in [3.8, 4) is 35.7 Å². The van der Waals surface area contributed by atoms with Crippen LogP contribution in [-0.2, 0) is 7.05 Å². The Hall–Kier alpha value is -3.84. The highest BCUT2D eigenvalue weighted by Crippen LogP contribution is 2.27. The highest BCUT2D eigenvalue weighted by Gasteiger charge is 2.19. The number of ether oxygens (including phenoxy) is 2. The summed E-state index contributed by atoms with van der Waals surface area (Å²) in [5, 5.41) is 5.69. The minimum Gasteiger partial charge on any atom is -0.493 e. The second-order valence-corrected chi connectivity index (χ2v) is 5.57. The summed E-state index contributed by atoms with van der Waals surface area (Å²) < 4.78 is 12.1. The summed E-state index contributed by atoms with van der Waals surface area (Å²) >= 11 is 0. The molecule has 0 saturated carbocycles. The van der Waals surface area contributed by atoms with Crippen LogP contribution in [0.3, 0.4) is 0 Å². The molecule has 0 aliphatic carbocycles. The fraction of sp³-hybridized carbons (Fsp3) is 0.238. The van der Waals surface area contributed by atoms with Gasteiger partial charge >= 0.3 is 0 Å². The van der Waals surface area contributed by atoms with Crippen LogP contribution in [0, 0.1) is 24.2 Å². The van der Waals surface area contributed by atoms with E-state index in [1.807, 2.05) is 6.07 Å². The number of methoxy groups -OCH3 is 2. The van der Waals surface area contributed by atoms with Crippen LogP contribution in [0.15, 0.2) is 30.9 Å². The average Bonchev–Trinajstić information content (AvgIpc) is 3.03. The third kappa shape index (κ3) is 4.66. The van der Waals surface area contributed by atoms with Crippen LogP contribution in [0.5, 0.6) is 11.5 Å². The van der Waals surface area contributed by atoms with Crippen molar-refractivity contribution in [3.05, 3.63) is 47.9 Å². The van der Waals surface area contributed by atoms with E-state index in [4.69, 9.17) is 15.9 Å². The van der Waals surface area contributed by atoms with Gasteiger partial charge in [-0.3, -0.25) is 4.79 Å². The maximum absolute atomic E-state index is 12.4. The minimum absolute atomic E-state index is 0.123. The number of nitrogens with one attached hydrogen (secondary N) is 2. The molecule has 1 amide bonds. The lowest BCUT2D eigenvalue weighted by Crippen LogP contribution is -2.26. The quantitative estimate of drug-likeness (QED) is 0.568. The van der Waals surface area contributed by atoms with Crippen molar-refractivity contribution < 1.29 is 14.3 Å². The molecule has 0 aliphatic heterocycles. The highest BCUT2D eigenvalue weighted by atomic mass is 16.5. The lowest BCUT2D eigenvalue weighted by atomic mass is 10.2. The van der Waals surface area contributed by atoms with Crippen LogP contribution < -0.4 is 20.1 Å². The summed E-state index contributed by atoms with van der Waals surface area (Å²) in [4.78, 5) is 16.9. The van der Waals surface area contributed by atoms with Gasteiger partial charge in [-0.1, -0.05) is 17.9 Å². The zero-order chi connectivity index (χ0) is 20.5. The zero-order valence-corrected chi connectivity index (χ0v) is 16.1. The molecule has 0 saturated heterocycles. The van der Waals surface area contributed by atoms with E-state index < -0.39 is 0 Å². The van der Waals surface area contributed by atoms with Crippen LogP contribution in [0.4, 0.5) is 5.82 Å². The number of aromatic nitrogens is 2. The van der Waals surface area contributed by atoms with Gasteiger partial charge in [0.1, 0.15) is 0 Å². The smallest absolute Gasteiger partial charge is 0.272 e. The molecule has 0 radical (unpaired) electrons. The molecule has 0 atom stereocenters. The standard InChI is InChI=1S/C21H22N4O3/c1-6-12-22-20-19(21(26)23-13-7-2)25(3)18(24-20)11-9-15-8-10-16(27-4)17(14-15)28-5/h2,6,8,10,14,22H,1,12-13H2,3-5H3,(H,23,26). The van der Waals surface area contributed by atoms with Crippen LogP contribution in [-0.4, -0.2) is 42.8 Å². The number of amides is 1. The van der Waals surface area contributed by atoms with Crippen molar-refractivity contribution in [2.75, 3.05) is 32.6 Å². The third-order valence-electron chi connectivity index (χ3n) is 3.78. The summed E-state index contributed by atoms with van der Waals surface area (Å²) in [6, 6.07) is 5.36. The zero-order valence-electron chi connectivity index (χ0n) is 16.1. The first-order valence-corrected chi connectivity index (χ1v) is 8.42. The van der Waals surface area contributed by atoms with E-state index in [2.05, 4.69) is 40.0 Å². The Balaban J connectivity index is 2.40. The van der Waals surface area contributed by atoms with Crippen molar-refractivity contribution in [1.29, 1.82) is 0 Å². The molecule has 2 rings (SSSR count). The van der Waals surface area contributed by atoms with Crippen LogP contribution in [0.25, 0.3) is 0 Å². The predicted molar refractivity (Wildman–Crippen MR) is 109 cm³/mol. The first-order valence-electron chi connectivity index (χ1n) is 8.42. The van der Waals surface area contributed by atoms with E-state index in [0.29, 0.717) is 35.4 Å². The number of imidazole rings is 1. The van der Waals surface area contributed by atoms with E-state index in [9.17, 15) is 4.79 Å². The summed E-state index contributed by atoms with van der Waals surface area (Å²) in [6.07, 6.45) is 6.89. The summed E-state index contributed by atoms with van der Waals surface area (Å²) in [5.74, 6) is 10.1. The number of terminal acetylenes is 1. The monoisotopic (exact) mass is 378 g/mol. The molecular formula is C21H22N4O3. The molecule has 0 unspecified atom stereocenters. The third-order valence-corrected chi connectivity index (χ3v) is 3.78. The molecule has 0 fully saturated rings. The molecule has 0 aliphatic rings. The molecule has 0 spiro atoms. The number of hydrogen-bond acceptors (Lipinski definition) is 5. The Labute approximate surface area is 164 Å². The van der Waals surface area contributed by atoms with E-state index in [1.54, 1.807) is 44.0 Å². The van der Waals surface area contributed by atoms with Crippen LogP contribution >= 0.6 is 0 Å². The fourth-order valence-electron chi connectivity index (χ4n) is 2.42. The van der Waals surface area contributed by atoms with Crippen molar-refractivity contribution in [2.24, 2.45) is 7.05 Å². The number of carbonyl (C=O) groups is 1. The maximum atomic E-state index is 12.4. The Morgan fingerprint density at radius 2 is 2.07 bits per heavy atom. The highest BCUT2D eigenvalue weighted by molar-refractivity contribution is 5.97. The SMILES string of the molecule is C#CCNC(=O)c1c(NCC=C)nc(C#Cc2ccc(OC)c(OC)c2)n1C. The first kappa shape index (κ1) is 20.5. The van der Waals surface area contributed by atoms with Gasteiger partial charge in [0.05, 0.1) is 20.8 Å². The summed E-state index contributed by atoms with van der Waals surface area (Å²) in [7, 11) is 4.85. The van der Waals surface area contributed by atoms with Crippen molar-refractivity contribution in [3.63, 3.8) is 0 Å². The van der Waals surface area contributed by atoms with Gasteiger partial charge in [0.2, 0.25) is 0 Å². The molecule has 1 aromatic heterocycles. The number of nitrogens with zero attached hydrogens (tertiary/aromatic N) is 2.